The van der Waals surface area contributed by atoms with Gasteiger partial charge in [-0.05, 0) is 0 Å². The minimum absolute atomic E-state index is 0.00665. The van der Waals surface area contributed by atoms with Gasteiger partial charge in [0.2, 0.25) is 0 Å². The van der Waals surface area contributed by atoms with E-state index in [-0.39, 0.29) is 50.5 Å². The van der Waals surface area contributed by atoms with Crippen molar-refractivity contribution in [3.8, 4) is 0 Å². The van der Waals surface area contributed by atoms with Crippen molar-refractivity contribution in [3.05, 3.63) is 0 Å². The molecular weight excluding hydrogens is 530 g/mol. The highest BCUT2D eigenvalue weighted by atomic mass is 79.9. The summed E-state index contributed by atoms with van der Waals surface area (Å²) in [6.07, 6.45) is 0. The molecule has 2 aliphatic heterocycles. The lowest BCUT2D eigenvalue weighted by Crippen LogP contribution is -2.37. The summed E-state index contributed by atoms with van der Waals surface area (Å²) < 4.78 is 57.6. The lowest BCUT2D eigenvalue weighted by molar-refractivity contribution is -0.0236. The van der Waals surface area contributed by atoms with Crippen LogP contribution in [-0.2, 0) is 36.3 Å². The number of rotatable bonds is 8. The fourth-order valence-corrected chi connectivity index (χ4v) is 6.90. The van der Waals surface area contributed by atoms with Gasteiger partial charge in [-0.3, -0.25) is 27.1 Å². The lowest BCUT2D eigenvalue weighted by atomic mass is 9.97. The predicted octanol–water partition coefficient (Wildman–Crippen LogP) is 5.16. The third-order valence-electron chi connectivity index (χ3n) is 4.08. The predicted molar refractivity (Wildman–Crippen MR) is 109 cm³/mol. The van der Waals surface area contributed by atoms with E-state index in [0.717, 1.165) is 0 Å². The van der Waals surface area contributed by atoms with Crippen LogP contribution in [0, 0.1) is 16.2 Å². The highest BCUT2D eigenvalue weighted by Crippen LogP contribution is 2.57. The Morgan fingerprint density at radius 2 is 1.07 bits per heavy atom. The van der Waals surface area contributed by atoms with Gasteiger partial charge in [0.05, 0.1) is 39.6 Å². The molecule has 160 valence electrons. The minimum atomic E-state index is -3.64. The maximum atomic E-state index is 12.6. The number of hydrogen-bond donors (Lipinski definition) is 0. The van der Waals surface area contributed by atoms with Crippen LogP contribution in [0.2, 0.25) is 0 Å². The van der Waals surface area contributed by atoms with E-state index in [1.165, 1.54) is 0 Å². The number of halogens is 2. The fraction of sp³-hybridized carbons (Fsp3) is 1.00. The molecule has 0 aliphatic carbocycles. The SMILES string of the molecule is CC1(C)COP(=O)(OCC(CBr)(CBr)COP2(=O)OCC(C)(C)CO2)OC1. The first kappa shape index (κ1) is 24.4. The molecule has 0 unspecified atom stereocenters. The van der Waals surface area contributed by atoms with E-state index >= 15 is 0 Å². The quantitative estimate of drug-likeness (QED) is 0.299. The van der Waals surface area contributed by atoms with Gasteiger partial charge in [0.15, 0.2) is 0 Å². The number of phosphoric acid groups is 2. The number of alkyl halides is 2. The van der Waals surface area contributed by atoms with Crippen molar-refractivity contribution in [1.82, 2.24) is 0 Å². The maximum Gasteiger partial charge on any atom is 0.474 e. The first-order valence-corrected chi connectivity index (χ1v) is 13.7. The van der Waals surface area contributed by atoms with Crippen LogP contribution in [0.25, 0.3) is 0 Å². The molecule has 0 amide bonds. The Hall–Kier alpha value is 1.18. The smallest absolute Gasteiger partial charge is 0.286 e. The van der Waals surface area contributed by atoms with Crippen LogP contribution in [0.5, 0.6) is 0 Å². The molecule has 0 aromatic rings. The Balaban J connectivity index is 1.93. The Morgan fingerprint density at radius 1 is 0.778 bits per heavy atom. The van der Waals surface area contributed by atoms with Crippen LogP contribution in [0.4, 0.5) is 0 Å². The number of hydrogen-bond acceptors (Lipinski definition) is 8. The van der Waals surface area contributed by atoms with E-state index in [1.807, 2.05) is 27.7 Å². The fourth-order valence-electron chi connectivity index (χ4n) is 1.99. The largest absolute Gasteiger partial charge is 0.474 e. The summed E-state index contributed by atoms with van der Waals surface area (Å²) in [6, 6.07) is 0. The first-order valence-electron chi connectivity index (χ1n) is 8.56. The monoisotopic (exact) mass is 556 g/mol. The molecular formula is C15H28Br2O8P2. The van der Waals surface area contributed by atoms with E-state index < -0.39 is 21.1 Å². The zero-order valence-corrected chi connectivity index (χ0v) is 21.0. The molecule has 2 rings (SSSR count). The van der Waals surface area contributed by atoms with Crippen molar-refractivity contribution in [2.75, 3.05) is 50.3 Å². The molecule has 12 heteroatoms. The van der Waals surface area contributed by atoms with Crippen molar-refractivity contribution in [2.24, 2.45) is 16.2 Å². The summed E-state index contributed by atoms with van der Waals surface area (Å²) in [5.41, 5.74) is -1.11. The molecule has 0 aromatic carbocycles. The van der Waals surface area contributed by atoms with Gasteiger partial charge in [0.1, 0.15) is 0 Å². The van der Waals surface area contributed by atoms with Crippen LogP contribution < -0.4 is 0 Å². The molecule has 0 bridgehead atoms. The molecule has 2 aliphatic rings. The standard InChI is InChI=1S/C15H28Br2O8P2/c1-13(2)7-20-26(18,21-8-13)24-11-15(5-16,6-17)12-25-27(19)22-9-14(3,4)10-23-27/h5-12H2,1-4H3. The molecule has 8 nitrogen and oxygen atoms in total. The molecule has 2 saturated heterocycles. The van der Waals surface area contributed by atoms with Crippen LogP contribution in [0.15, 0.2) is 0 Å². The summed E-state index contributed by atoms with van der Waals surface area (Å²) in [4.78, 5) is 0. The topological polar surface area (TPSA) is 89.5 Å². The van der Waals surface area contributed by atoms with Gasteiger partial charge in [-0.15, -0.1) is 0 Å². The number of phosphoric ester groups is 2. The van der Waals surface area contributed by atoms with Crippen LogP contribution in [0.1, 0.15) is 27.7 Å². The van der Waals surface area contributed by atoms with Gasteiger partial charge in [0.25, 0.3) is 0 Å². The van der Waals surface area contributed by atoms with Crippen LogP contribution in [0.3, 0.4) is 0 Å². The van der Waals surface area contributed by atoms with E-state index in [9.17, 15) is 9.13 Å². The second kappa shape index (κ2) is 9.13. The van der Waals surface area contributed by atoms with E-state index in [0.29, 0.717) is 10.7 Å². The average Bonchev–Trinajstić information content (AvgIpc) is 2.62. The van der Waals surface area contributed by atoms with Crippen molar-refractivity contribution >= 4 is 47.5 Å². The highest BCUT2D eigenvalue weighted by molar-refractivity contribution is 9.09. The highest BCUT2D eigenvalue weighted by Gasteiger charge is 2.43. The van der Waals surface area contributed by atoms with E-state index in [2.05, 4.69) is 31.9 Å². The molecule has 0 saturated carbocycles. The van der Waals surface area contributed by atoms with Gasteiger partial charge < -0.3 is 0 Å². The Morgan fingerprint density at radius 3 is 1.33 bits per heavy atom. The third-order valence-corrected chi connectivity index (χ3v) is 9.13. The molecule has 0 N–H and O–H groups in total. The van der Waals surface area contributed by atoms with Gasteiger partial charge in [-0.25, -0.2) is 9.13 Å². The summed E-state index contributed by atoms with van der Waals surface area (Å²) >= 11 is 6.84. The minimum Gasteiger partial charge on any atom is -0.286 e. The van der Waals surface area contributed by atoms with Crippen LogP contribution >= 0.6 is 47.5 Å². The van der Waals surface area contributed by atoms with Crippen molar-refractivity contribution < 1.29 is 36.3 Å². The normalized spacial score (nSPS) is 26.6. The summed E-state index contributed by atoms with van der Waals surface area (Å²) in [5, 5.41) is 0.866. The summed E-state index contributed by atoms with van der Waals surface area (Å²) in [6.45, 7) is 8.95. The summed E-state index contributed by atoms with van der Waals surface area (Å²) in [5.74, 6) is 0. The molecule has 0 radical (unpaired) electrons. The zero-order chi connectivity index (χ0) is 20.4. The van der Waals surface area contributed by atoms with Crippen molar-refractivity contribution in [2.45, 2.75) is 27.7 Å². The van der Waals surface area contributed by atoms with Gasteiger partial charge in [0, 0.05) is 26.9 Å². The first-order chi connectivity index (χ1) is 12.4. The third kappa shape index (κ3) is 7.12. The second-order valence-corrected chi connectivity index (χ2v) is 13.1. The van der Waals surface area contributed by atoms with Crippen molar-refractivity contribution in [3.63, 3.8) is 0 Å². The van der Waals surface area contributed by atoms with Gasteiger partial charge in [-0.1, -0.05) is 59.6 Å². The molecule has 0 spiro atoms. The molecule has 2 fully saturated rings. The molecule has 2 heterocycles. The lowest BCUT2D eigenvalue weighted by Gasteiger charge is -2.37. The van der Waals surface area contributed by atoms with Gasteiger partial charge >= 0.3 is 15.6 Å². The molecule has 0 aromatic heterocycles. The van der Waals surface area contributed by atoms with Crippen LogP contribution in [-0.4, -0.2) is 50.3 Å². The van der Waals surface area contributed by atoms with E-state index in [4.69, 9.17) is 27.1 Å². The van der Waals surface area contributed by atoms with Gasteiger partial charge in [-0.2, -0.15) is 0 Å². The maximum absolute atomic E-state index is 12.6. The second-order valence-electron chi connectivity index (χ2n) is 8.63. The average molecular weight is 558 g/mol. The van der Waals surface area contributed by atoms with E-state index in [1.54, 1.807) is 0 Å². The zero-order valence-electron chi connectivity index (χ0n) is 16.1. The Labute approximate surface area is 177 Å². The molecule has 0 atom stereocenters. The molecule has 27 heavy (non-hydrogen) atoms. The Bertz CT molecular complexity index is 533. The van der Waals surface area contributed by atoms with Crippen molar-refractivity contribution in [1.29, 1.82) is 0 Å². The summed E-state index contributed by atoms with van der Waals surface area (Å²) in [7, 11) is -7.27. The Kier molecular flexibility index (Phi) is 8.26.